The minimum atomic E-state index is -3.81. The van der Waals surface area contributed by atoms with Crippen LogP contribution in [0.1, 0.15) is 22.3 Å². The summed E-state index contributed by atoms with van der Waals surface area (Å²) in [4.78, 5) is 12.6. The number of halogens is 2. The fourth-order valence-corrected chi connectivity index (χ4v) is 4.77. The van der Waals surface area contributed by atoms with Crippen LogP contribution in [-0.4, -0.2) is 20.9 Å². The number of hydrogen-bond acceptors (Lipinski definition) is 3. The molecule has 0 aliphatic carbocycles. The number of aryl methyl sites for hydroxylation is 2. The molecule has 0 saturated carbocycles. The molecule has 5 nitrogen and oxygen atoms in total. The zero-order chi connectivity index (χ0) is 22.6. The van der Waals surface area contributed by atoms with Crippen LogP contribution in [0.15, 0.2) is 65.6 Å². The summed E-state index contributed by atoms with van der Waals surface area (Å²) in [6.45, 7) is 3.24. The van der Waals surface area contributed by atoms with Gasteiger partial charge in [-0.3, -0.25) is 4.79 Å². The van der Waals surface area contributed by atoms with Gasteiger partial charge in [0.15, 0.2) is 0 Å². The van der Waals surface area contributed by atoms with Gasteiger partial charge in [-0.2, -0.15) is 0 Å². The first-order valence-electron chi connectivity index (χ1n) is 9.54. The molecule has 0 aliphatic heterocycles. The Balaban J connectivity index is 1.72. The van der Waals surface area contributed by atoms with Crippen molar-refractivity contribution in [2.75, 3.05) is 11.9 Å². The van der Waals surface area contributed by atoms with E-state index < -0.39 is 22.5 Å². The summed E-state index contributed by atoms with van der Waals surface area (Å²) in [5.74, 6) is -0.490. The van der Waals surface area contributed by atoms with E-state index in [-0.39, 0.29) is 4.90 Å². The summed E-state index contributed by atoms with van der Waals surface area (Å²) in [6.07, 6.45) is 0.462. The second-order valence-corrected chi connectivity index (χ2v) is 9.88. The molecule has 162 valence electrons. The molecule has 0 heterocycles. The lowest BCUT2D eigenvalue weighted by atomic mass is 10.0. The molecular formula is C23H22Cl2N2O3S. The van der Waals surface area contributed by atoms with Crippen molar-refractivity contribution in [3.05, 3.63) is 93.0 Å². The third-order valence-corrected chi connectivity index (χ3v) is 6.59. The van der Waals surface area contributed by atoms with Crippen LogP contribution in [-0.2, 0) is 21.2 Å². The van der Waals surface area contributed by atoms with Gasteiger partial charge in [-0.1, -0.05) is 47.5 Å². The molecule has 0 atom stereocenters. The fraction of sp³-hybridized carbons (Fsp3) is 0.174. The maximum absolute atomic E-state index is 12.6. The van der Waals surface area contributed by atoms with Gasteiger partial charge in [0.05, 0.1) is 11.4 Å². The predicted octanol–water partition coefficient (Wildman–Crippen LogP) is 5.12. The van der Waals surface area contributed by atoms with E-state index >= 15 is 0 Å². The summed E-state index contributed by atoms with van der Waals surface area (Å²) in [5.41, 5.74) is 3.86. The van der Waals surface area contributed by atoms with Crippen LogP contribution < -0.4 is 10.0 Å². The number of sulfonamides is 1. The Hall–Kier alpha value is -2.38. The zero-order valence-corrected chi connectivity index (χ0v) is 19.4. The van der Waals surface area contributed by atoms with E-state index in [2.05, 4.69) is 10.0 Å². The fourth-order valence-electron chi connectivity index (χ4n) is 3.20. The van der Waals surface area contributed by atoms with E-state index in [0.717, 1.165) is 22.3 Å². The molecule has 2 N–H and O–H groups in total. The lowest BCUT2D eigenvalue weighted by Crippen LogP contribution is -2.33. The van der Waals surface area contributed by atoms with E-state index in [9.17, 15) is 13.2 Å². The Bertz CT molecular complexity index is 1210. The van der Waals surface area contributed by atoms with Crippen molar-refractivity contribution in [1.29, 1.82) is 0 Å². The Kier molecular flexibility index (Phi) is 7.38. The van der Waals surface area contributed by atoms with Gasteiger partial charge in [-0.25, -0.2) is 13.1 Å². The van der Waals surface area contributed by atoms with Crippen molar-refractivity contribution < 1.29 is 13.2 Å². The molecule has 0 unspecified atom stereocenters. The summed E-state index contributed by atoms with van der Waals surface area (Å²) in [7, 11) is -3.81. The normalized spacial score (nSPS) is 11.4. The van der Waals surface area contributed by atoms with Crippen LogP contribution in [0.3, 0.4) is 0 Å². The highest BCUT2D eigenvalue weighted by Gasteiger charge is 2.17. The minimum absolute atomic E-state index is 0.128. The van der Waals surface area contributed by atoms with Crippen molar-refractivity contribution in [3.63, 3.8) is 0 Å². The monoisotopic (exact) mass is 476 g/mol. The Morgan fingerprint density at radius 2 is 1.58 bits per heavy atom. The molecule has 0 radical (unpaired) electrons. The van der Waals surface area contributed by atoms with Crippen molar-refractivity contribution >= 4 is 44.8 Å². The molecule has 3 rings (SSSR count). The zero-order valence-electron chi connectivity index (χ0n) is 17.1. The molecule has 0 saturated heterocycles. The van der Waals surface area contributed by atoms with Gasteiger partial charge in [0.2, 0.25) is 15.9 Å². The van der Waals surface area contributed by atoms with Crippen molar-refractivity contribution in [2.45, 2.75) is 25.2 Å². The van der Waals surface area contributed by atoms with E-state index in [1.54, 1.807) is 36.4 Å². The topological polar surface area (TPSA) is 75.3 Å². The molecule has 0 spiro atoms. The van der Waals surface area contributed by atoms with E-state index in [1.807, 2.05) is 38.1 Å². The number of hydrogen-bond donors (Lipinski definition) is 2. The summed E-state index contributed by atoms with van der Waals surface area (Å²) >= 11 is 12.4. The molecule has 31 heavy (non-hydrogen) atoms. The quantitative estimate of drug-likeness (QED) is 0.496. The number of rotatable bonds is 7. The van der Waals surface area contributed by atoms with Gasteiger partial charge in [-0.05, 0) is 72.5 Å². The Morgan fingerprint density at radius 3 is 2.26 bits per heavy atom. The second-order valence-electron chi connectivity index (χ2n) is 7.27. The van der Waals surface area contributed by atoms with Gasteiger partial charge in [0.25, 0.3) is 0 Å². The number of benzene rings is 3. The maximum Gasteiger partial charge on any atom is 0.241 e. The number of amides is 1. The van der Waals surface area contributed by atoms with Gasteiger partial charge < -0.3 is 5.32 Å². The standard InChI is InChI=1S/C23H22Cl2N2O3S/c1-15-9-16(2)11-20(10-15)31(29,30)26-14-23(28)27-22-8-7-19(24)13-18(22)12-17-5-3-4-6-21(17)25/h3-11,13,26H,12,14H2,1-2H3,(H,27,28). The lowest BCUT2D eigenvalue weighted by Gasteiger charge is -2.13. The largest absolute Gasteiger partial charge is 0.325 e. The van der Waals surface area contributed by atoms with Crippen molar-refractivity contribution in [3.8, 4) is 0 Å². The van der Waals surface area contributed by atoms with Crippen LogP contribution >= 0.6 is 23.2 Å². The number of nitrogens with one attached hydrogen (secondary N) is 2. The van der Waals surface area contributed by atoms with E-state index in [4.69, 9.17) is 23.2 Å². The maximum atomic E-state index is 12.6. The molecule has 3 aromatic rings. The Labute approximate surface area is 192 Å². The number of carbonyl (C=O) groups excluding carboxylic acids is 1. The van der Waals surface area contributed by atoms with Crippen molar-refractivity contribution in [2.24, 2.45) is 0 Å². The first-order chi connectivity index (χ1) is 14.6. The van der Waals surface area contributed by atoms with E-state index in [0.29, 0.717) is 22.2 Å². The molecule has 0 bridgehead atoms. The van der Waals surface area contributed by atoms with Gasteiger partial charge >= 0.3 is 0 Å². The average molecular weight is 477 g/mol. The van der Waals surface area contributed by atoms with Crippen LogP contribution in [0.5, 0.6) is 0 Å². The highest BCUT2D eigenvalue weighted by Crippen LogP contribution is 2.26. The minimum Gasteiger partial charge on any atom is -0.325 e. The number of carbonyl (C=O) groups is 1. The Morgan fingerprint density at radius 1 is 0.903 bits per heavy atom. The van der Waals surface area contributed by atoms with Crippen LogP contribution in [0.2, 0.25) is 10.0 Å². The molecule has 1 amide bonds. The van der Waals surface area contributed by atoms with Gasteiger partial charge in [0, 0.05) is 22.2 Å². The first-order valence-corrected chi connectivity index (χ1v) is 11.8. The third kappa shape index (κ3) is 6.31. The molecule has 0 fully saturated rings. The summed E-state index contributed by atoms with van der Waals surface area (Å²) in [6, 6.07) is 17.5. The first kappa shape index (κ1) is 23.3. The van der Waals surface area contributed by atoms with Gasteiger partial charge in [-0.15, -0.1) is 0 Å². The summed E-state index contributed by atoms with van der Waals surface area (Å²) < 4.78 is 27.5. The molecule has 8 heteroatoms. The van der Waals surface area contributed by atoms with Crippen LogP contribution in [0.25, 0.3) is 0 Å². The smallest absolute Gasteiger partial charge is 0.241 e. The predicted molar refractivity (Wildman–Crippen MR) is 125 cm³/mol. The molecular weight excluding hydrogens is 455 g/mol. The highest BCUT2D eigenvalue weighted by molar-refractivity contribution is 7.89. The number of anilines is 1. The molecule has 3 aromatic carbocycles. The van der Waals surface area contributed by atoms with Crippen LogP contribution in [0.4, 0.5) is 5.69 Å². The van der Waals surface area contributed by atoms with Gasteiger partial charge in [0.1, 0.15) is 0 Å². The summed E-state index contributed by atoms with van der Waals surface area (Å²) in [5, 5.41) is 3.89. The molecule has 0 aromatic heterocycles. The van der Waals surface area contributed by atoms with Crippen LogP contribution in [0, 0.1) is 13.8 Å². The second kappa shape index (κ2) is 9.83. The van der Waals surface area contributed by atoms with Crippen molar-refractivity contribution in [1.82, 2.24) is 4.72 Å². The van der Waals surface area contributed by atoms with E-state index in [1.165, 1.54) is 0 Å². The third-order valence-electron chi connectivity index (χ3n) is 4.61. The highest BCUT2D eigenvalue weighted by atomic mass is 35.5. The molecule has 0 aliphatic rings. The lowest BCUT2D eigenvalue weighted by molar-refractivity contribution is -0.115. The SMILES string of the molecule is Cc1cc(C)cc(S(=O)(=O)NCC(=O)Nc2ccc(Cl)cc2Cc2ccccc2Cl)c1. The average Bonchev–Trinajstić information content (AvgIpc) is 2.69.